The third-order valence-electron chi connectivity index (χ3n) is 2.94. The number of nitrogens with one attached hydrogen (secondary N) is 1. The molecule has 0 radical (unpaired) electrons. The van der Waals surface area contributed by atoms with Crippen LogP contribution in [0.5, 0.6) is 0 Å². The number of aromatic nitrogens is 2. The zero-order valence-electron chi connectivity index (χ0n) is 13.0. The molecule has 1 aromatic heterocycles. The normalized spacial score (nSPS) is 13.2. The lowest BCUT2D eigenvalue weighted by Gasteiger charge is -2.14. The molecule has 0 unspecified atom stereocenters. The summed E-state index contributed by atoms with van der Waals surface area (Å²) in [6, 6.07) is -0.0472. The second-order valence-electron chi connectivity index (χ2n) is 5.74. The van der Waals surface area contributed by atoms with E-state index in [4.69, 9.17) is 0 Å². The van der Waals surface area contributed by atoms with E-state index in [9.17, 15) is 13.2 Å². The molecule has 0 fully saturated rings. The molecule has 118 valence electrons. The van der Waals surface area contributed by atoms with Gasteiger partial charge in [0, 0.05) is 18.4 Å². The summed E-state index contributed by atoms with van der Waals surface area (Å²) in [5.74, 6) is -0.591. The van der Waals surface area contributed by atoms with E-state index in [1.54, 1.807) is 6.92 Å². The lowest BCUT2D eigenvalue weighted by atomic mass is 10.0. The summed E-state index contributed by atoms with van der Waals surface area (Å²) in [6.07, 6.45) is 4.64. The van der Waals surface area contributed by atoms with Crippen LogP contribution in [0.4, 0.5) is 0 Å². The molecule has 0 saturated carbocycles. The topological polar surface area (TPSA) is 89.0 Å². The van der Waals surface area contributed by atoms with E-state index in [2.05, 4.69) is 29.1 Å². The average Bonchev–Trinajstić information content (AvgIpc) is 2.36. The van der Waals surface area contributed by atoms with Gasteiger partial charge in [-0.25, -0.2) is 18.4 Å². The van der Waals surface area contributed by atoms with Crippen LogP contribution in [0.3, 0.4) is 0 Å². The molecule has 1 N–H and O–H groups in total. The van der Waals surface area contributed by atoms with Crippen LogP contribution in [-0.2, 0) is 14.6 Å². The summed E-state index contributed by atoms with van der Waals surface area (Å²) < 4.78 is 24.0. The quantitative estimate of drug-likeness (QED) is 0.771. The largest absolute Gasteiger partial charge is 0.353 e. The Hall–Kier alpha value is -1.50. The van der Waals surface area contributed by atoms with Crippen molar-refractivity contribution in [2.24, 2.45) is 5.92 Å². The van der Waals surface area contributed by atoms with E-state index < -0.39 is 21.5 Å². The fourth-order valence-electron chi connectivity index (χ4n) is 1.75. The molecule has 1 heterocycles. The second-order valence-corrected chi connectivity index (χ2v) is 7.63. The van der Waals surface area contributed by atoms with Crippen LogP contribution in [0, 0.1) is 12.8 Å². The van der Waals surface area contributed by atoms with Gasteiger partial charge >= 0.3 is 0 Å². The van der Waals surface area contributed by atoms with Crippen molar-refractivity contribution in [3.8, 4) is 0 Å². The smallest absolute Gasteiger partial charge is 0.247 e. The summed E-state index contributed by atoms with van der Waals surface area (Å²) in [7, 11) is -3.79. The Labute approximate surface area is 126 Å². The molecule has 0 aromatic carbocycles. The Bertz CT molecular complexity index is 568. The van der Waals surface area contributed by atoms with Gasteiger partial charge in [0.15, 0.2) is 0 Å². The summed E-state index contributed by atoms with van der Waals surface area (Å²) in [4.78, 5) is 19.3. The van der Waals surface area contributed by atoms with Crippen molar-refractivity contribution in [1.82, 2.24) is 15.3 Å². The fraction of sp³-hybridized carbons (Fsp3) is 0.643. The number of carbonyl (C=O) groups is 1. The van der Waals surface area contributed by atoms with Gasteiger partial charge in [-0.3, -0.25) is 4.79 Å². The van der Waals surface area contributed by atoms with Crippen molar-refractivity contribution >= 4 is 15.7 Å². The fourth-order valence-corrected chi connectivity index (χ4v) is 2.73. The summed E-state index contributed by atoms with van der Waals surface area (Å²) in [5, 5.41) is 2.39. The minimum atomic E-state index is -3.79. The maximum Gasteiger partial charge on any atom is 0.247 e. The standard InChI is InChI=1S/C14H23N3O3S/c1-10(2)5-6-12(4)17-13(18)9-21(19,20)14-15-7-11(3)8-16-14/h7-8,10,12H,5-6,9H2,1-4H3,(H,17,18)/t12-/m0/s1. The minimum absolute atomic E-state index is 0.0472. The predicted octanol–water partition coefficient (Wildman–Crippen LogP) is 1.50. The Kier molecular flexibility index (Phi) is 6.26. The summed E-state index contributed by atoms with van der Waals surface area (Å²) >= 11 is 0. The van der Waals surface area contributed by atoms with Crippen molar-refractivity contribution in [1.29, 1.82) is 0 Å². The predicted molar refractivity (Wildman–Crippen MR) is 80.5 cm³/mol. The first-order chi connectivity index (χ1) is 9.70. The maximum absolute atomic E-state index is 12.0. The molecule has 0 saturated heterocycles. The maximum atomic E-state index is 12.0. The Morgan fingerprint density at radius 2 is 1.76 bits per heavy atom. The van der Waals surface area contributed by atoms with Gasteiger partial charge in [0.2, 0.25) is 20.9 Å². The SMILES string of the molecule is Cc1cnc(S(=O)(=O)CC(=O)N[C@@H](C)CCC(C)C)nc1. The van der Waals surface area contributed by atoms with Crippen molar-refractivity contribution in [2.45, 2.75) is 51.7 Å². The zero-order valence-corrected chi connectivity index (χ0v) is 13.8. The van der Waals surface area contributed by atoms with Crippen molar-refractivity contribution < 1.29 is 13.2 Å². The van der Waals surface area contributed by atoms with Gasteiger partial charge in [0.05, 0.1) is 0 Å². The lowest BCUT2D eigenvalue weighted by molar-refractivity contribution is -0.119. The van der Waals surface area contributed by atoms with Gasteiger partial charge in [-0.2, -0.15) is 0 Å². The van der Waals surface area contributed by atoms with Crippen molar-refractivity contribution in [2.75, 3.05) is 5.75 Å². The van der Waals surface area contributed by atoms with Crippen LogP contribution in [0.25, 0.3) is 0 Å². The van der Waals surface area contributed by atoms with Gasteiger partial charge in [0.1, 0.15) is 5.75 Å². The number of aryl methyl sites for hydroxylation is 1. The number of sulfone groups is 1. The number of nitrogens with zero attached hydrogens (tertiary/aromatic N) is 2. The molecule has 0 aliphatic carbocycles. The molecule has 0 bridgehead atoms. The second kappa shape index (κ2) is 7.49. The molecule has 1 amide bonds. The number of hydrogen-bond donors (Lipinski definition) is 1. The highest BCUT2D eigenvalue weighted by Crippen LogP contribution is 2.08. The Morgan fingerprint density at radius 3 is 2.29 bits per heavy atom. The highest BCUT2D eigenvalue weighted by molar-refractivity contribution is 7.91. The van der Waals surface area contributed by atoms with Crippen LogP contribution in [0.15, 0.2) is 17.6 Å². The molecular formula is C14H23N3O3S. The van der Waals surface area contributed by atoms with E-state index in [0.717, 1.165) is 18.4 Å². The Balaban J connectivity index is 2.59. The van der Waals surface area contributed by atoms with E-state index in [1.807, 2.05) is 6.92 Å². The first kappa shape index (κ1) is 17.6. The first-order valence-electron chi connectivity index (χ1n) is 7.01. The molecule has 1 aromatic rings. The molecule has 6 nitrogen and oxygen atoms in total. The zero-order chi connectivity index (χ0) is 16.0. The van der Waals surface area contributed by atoms with Gasteiger partial charge in [-0.05, 0) is 38.2 Å². The van der Waals surface area contributed by atoms with Crippen LogP contribution in [-0.4, -0.2) is 36.1 Å². The minimum Gasteiger partial charge on any atom is -0.353 e. The molecule has 7 heteroatoms. The van der Waals surface area contributed by atoms with Crippen LogP contribution in [0.1, 0.15) is 39.2 Å². The number of carbonyl (C=O) groups excluding carboxylic acids is 1. The Morgan fingerprint density at radius 1 is 1.19 bits per heavy atom. The van der Waals surface area contributed by atoms with Gasteiger partial charge in [0.25, 0.3) is 0 Å². The van der Waals surface area contributed by atoms with E-state index >= 15 is 0 Å². The third-order valence-corrected chi connectivity index (χ3v) is 4.35. The van der Waals surface area contributed by atoms with Crippen molar-refractivity contribution in [3.63, 3.8) is 0 Å². The first-order valence-corrected chi connectivity index (χ1v) is 8.66. The molecule has 1 rings (SSSR count). The van der Waals surface area contributed by atoms with E-state index in [1.165, 1.54) is 12.4 Å². The molecule has 0 aliphatic rings. The van der Waals surface area contributed by atoms with Gasteiger partial charge in [-0.15, -0.1) is 0 Å². The monoisotopic (exact) mass is 313 g/mol. The summed E-state index contributed by atoms with van der Waals surface area (Å²) in [6.45, 7) is 7.84. The highest BCUT2D eigenvalue weighted by atomic mass is 32.2. The average molecular weight is 313 g/mol. The van der Waals surface area contributed by atoms with Gasteiger partial charge < -0.3 is 5.32 Å². The highest BCUT2D eigenvalue weighted by Gasteiger charge is 2.23. The molecular weight excluding hydrogens is 290 g/mol. The lowest BCUT2D eigenvalue weighted by Crippen LogP contribution is -2.37. The number of rotatable bonds is 7. The van der Waals surface area contributed by atoms with Crippen LogP contribution >= 0.6 is 0 Å². The van der Waals surface area contributed by atoms with E-state index in [0.29, 0.717) is 5.92 Å². The molecule has 0 aliphatic heterocycles. The molecule has 21 heavy (non-hydrogen) atoms. The molecule has 1 atom stereocenters. The molecule has 0 spiro atoms. The number of amides is 1. The number of hydrogen-bond acceptors (Lipinski definition) is 5. The van der Waals surface area contributed by atoms with Crippen LogP contribution in [0.2, 0.25) is 0 Å². The summed E-state index contributed by atoms with van der Waals surface area (Å²) in [5.41, 5.74) is 0.765. The third kappa shape index (κ3) is 6.20. The van der Waals surface area contributed by atoms with E-state index in [-0.39, 0.29) is 11.2 Å². The van der Waals surface area contributed by atoms with Crippen LogP contribution < -0.4 is 5.32 Å². The van der Waals surface area contributed by atoms with Crippen molar-refractivity contribution in [3.05, 3.63) is 18.0 Å². The van der Waals surface area contributed by atoms with Gasteiger partial charge in [-0.1, -0.05) is 13.8 Å².